The van der Waals surface area contributed by atoms with E-state index in [1.54, 1.807) is 0 Å². The van der Waals surface area contributed by atoms with Crippen LogP contribution in [0.2, 0.25) is 0 Å². The van der Waals surface area contributed by atoms with Crippen LogP contribution in [-0.2, 0) is 9.53 Å². The highest BCUT2D eigenvalue weighted by Crippen LogP contribution is 2.36. The van der Waals surface area contributed by atoms with Gasteiger partial charge in [0.25, 0.3) is 0 Å². The third-order valence-corrected chi connectivity index (χ3v) is 2.77. The van der Waals surface area contributed by atoms with Crippen molar-refractivity contribution in [1.29, 1.82) is 0 Å². The van der Waals surface area contributed by atoms with Gasteiger partial charge in [-0.25, -0.2) is 0 Å². The summed E-state index contributed by atoms with van der Waals surface area (Å²) in [5.74, 6) is -0.183. The first-order chi connectivity index (χ1) is 5.75. The Kier molecular flexibility index (Phi) is 3.09. The van der Waals surface area contributed by atoms with Gasteiger partial charge in [0.05, 0.1) is 12.5 Å². The fraction of sp³-hybridized carbons (Fsp3) is 0.889. The van der Waals surface area contributed by atoms with Crippen LogP contribution in [0.3, 0.4) is 0 Å². The summed E-state index contributed by atoms with van der Waals surface area (Å²) in [5, 5.41) is 0. The lowest BCUT2D eigenvalue weighted by atomic mass is 9.74. The Balaban J connectivity index is 2.66. The van der Waals surface area contributed by atoms with Crippen molar-refractivity contribution in [3.05, 3.63) is 0 Å². The van der Waals surface area contributed by atoms with E-state index in [1.165, 1.54) is 13.5 Å². The molecule has 0 aromatic heterocycles. The summed E-state index contributed by atoms with van der Waals surface area (Å²) >= 11 is 0. The number of rotatable bonds is 2. The van der Waals surface area contributed by atoms with Crippen molar-refractivity contribution in [2.24, 2.45) is 5.41 Å². The topological polar surface area (TPSA) is 50.1 Å². The molecule has 0 aliphatic heterocycles. The highest BCUT2D eigenvalue weighted by molar-refractivity contribution is 5.77. The number of hydrogen-bond acceptors (Lipinski definition) is 2. The van der Waals surface area contributed by atoms with Gasteiger partial charge in [-0.2, -0.15) is 0 Å². The van der Waals surface area contributed by atoms with Crippen LogP contribution < -0.4 is 5.73 Å². The third-order valence-electron chi connectivity index (χ3n) is 2.77. The molecule has 0 saturated heterocycles. The van der Waals surface area contributed by atoms with E-state index in [0.717, 1.165) is 25.7 Å². The lowest BCUT2D eigenvalue weighted by molar-refractivity contribution is -0.154. The molecule has 0 aromatic carbocycles. The molecule has 69 valence electrons. The fourth-order valence-electron chi connectivity index (χ4n) is 1.90. The van der Waals surface area contributed by atoms with E-state index in [4.69, 9.17) is 10.5 Å². The van der Waals surface area contributed by atoms with Crippen molar-refractivity contribution < 1.29 is 9.53 Å². The minimum atomic E-state index is -0.465. The van der Waals surface area contributed by atoms with Gasteiger partial charge in [-0.15, -0.1) is 0 Å². The number of hydrogen-bond donors (Lipinski definition) is 0. The van der Waals surface area contributed by atoms with Gasteiger partial charge in [0.15, 0.2) is 0 Å². The van der Waals surface area contributed by atoms with Gasteiger partial charge in [0.1, 0.15) is 0 Å². The van der Waals surface area contributed by atoms with Crippen LogP contribution in [0.4, 0.5) is 0 Å². The molecule has 0 atom stereocenters. The predicted octanol–water partition coefficient (Wildman–Crippen LogP) is 1.39. The maximum absolute atomic E-state index is 11.4. The van der Waals surface area contributed by atoms with Gasteiger partial charge >= 0.3 is 5.97 Å². The molecule has 0 spiro atoms. The second-order valence-electron chi connectivity index (χ2n) is 3.51. The standard InChI is InChI=1S/C9H16NO2/c1-12-8(11)9(7-10)5-3-2-4-6-9/h10H,2-7H2,1H3. The predicted molar refractivity (Wildman–Crippen MR) is 45.5 cm³/mol. The largest absolute Gasteiger partial charge is 0.469 e. The Bertz CT molecular complexity index is 162. The van der Waals surface area contributed by atoms with Crippen LogP contribution in [0, 0.1) is 5.41 Å². The van der Waals surface area contributed by atoms with Gasteiger partial charge < -0.3 is 4.74 Å². The monoisotopic (exact) mass is 170 g/mol. The lowest BCUT2D eigenvalue weighted by Gasteiger charge is -2.32. The van der Waals surface area contributed by atoms with Crippen molar-refractivity contribution in [2.45, 2.75) is 32.1 Å². The summed E-state index contributed by atoms with van der Waals surface area (Å²) in [4.78, 5) is 11.4. The Morgan fingerprint density at radius 1 is 1.42 bits per heavy atom. The Morgan fingerprint density at radius 3 is 2.42 bits per heavy atom. The van der Waals surface area contributed by atoms with E-state index in [9.17, 15) is 4.79 Å². The van der Waals surface area contributed by atoms with Crippen LogP contribution in [0.25, 0.3) is 0 Å². The molecule has 1 N–H and O–H groups in total. The zero-order valence-electron chi connectivity index (χ0n) is 7.56. The average molecular weight is 170 g/mol. The van der Waals surface area contributed by atoms with Gasteiger partial charge in [0, 0.05) is 6.54 Å². The summed E-state index contributed by atoms with van der Waals surface area (Å²) in [6.07, 6.45) is 4.99. The first-order valence-corrected chi connectivity index (χ1v) is 4.48. The number of nitrogens with one attached hydrogen (secondary N) is 1. The number of esters is 1. The Hall–Kier alpha value is -0.570. The van der Waals surface area contributed by atoms with E-state index < -0.39 is 5.41 Å². The summed E-state index contributed by atoms with van der Waals surface area (Å²) in [6.45, 7) is 0.180. The molecule has 1 fully saturated rings. The van der Waals surface area contributed by atoms with E-state index in [1.807, 2.05) is 0 Å². The van der Waals surface area contributed by atoms with Gasteiger partial charge in [0.2, 0.25) is 0 Å². The Morgan fingerprint density at radius 2 is 2.00 bits per heavy atom. The molecular formula is C9H16NO2. The van der Waals surface area contributed by atoms with Crippen LogP contribution in [0.1, 0.15) is 32.1 Å². The molecule has 0 heterocycles. The van der Waals surface area contributed by atoms with E-state index in [2.05, 4.69) is 0 Å². The summed E-state index contributed by atoms with van der Waals surface area (Å²) in [6, 6.07) is 0. The molecule has 0 unspecified atom stereocenters. The second-order valence-corrected chi connectivity index (χ2v) is 3.51. The van der Waals surface area contributed by atoms with Crippen molar-refractivity contribution in [2.75, 3.05) is 13.7 Å². The SMILES string of the molecule is COC(=O)C1(C[NH])CCCCC1. The molecule has 0 bridgehead atoms. The third kappa shape index (κ3) is 1.61. The minimum absolute atomic E-state index is 0.180. The smallest absolute Gasteiger partial charge is 0.313 e. The van der Waals surface area contributed by atoms with Crippen molar-refractivity contribution in [3.63, 3.8) is 0 Å². The number of carbonyl (C=O) groups is 1. The summed E-state index contributed by atoms with van der Waals surface area (Å²) < 4.78 is 4.72. The normalized spacial score (nSPS) is 21.8. The van der Waals surface area contributed by atoms with Crippen molar-refractivity contribution >= 4 is 5.97 Å². The second kappa shape index (κ2) is 3.90. The molecular weight excluding hydrogens is 154 g/mol. The molecule has 0 amide bonds. The molecule has 1 aliphatic carbocycles. The first-order valence-electron chi connectivity index (χ1n) is 4.48. The Labute approximate surface area is 73.3 Å². The number of methoxy groups -OCH3 is 1. The maximum atomic E-state index is 11.4. The van der Waals surface area contributed by atoms with Crippen molar-refractivity contribution in [1.82, 2.24) is 5.73 Å². The number of ether oxygens (including phenoxy) is 1. The highest BCUT2D eigenvalue weighted by Gasteiger charge is 2.39. The highest BCUT2D eigenvalue weighted by atomic mass is 16.5. The molecule has 0 aromatic rings. The van der Waals surface area contributed by atoms with Crippen LogP contribution in [0.5, 0.6) is 0 Å². The van der Waals surface area contributed by atoms with Crippen LogP contribution >= 0.6 is 0 Å². The first kappa shape index (κ1) is 9.52. The van der Waals surface area contributed by atoms with Gasteiger partial charge in [-0.3, -0.25) is 10.5 Å². The molecule has 1 saturated carbocycles. The van der Waals surface area contributed by atoms with Crippen molar-refractivity contribution in [3.8, 4) is 0 Å². The van der Waals surface area contributed by atoms with Crippen LogP contribution in [0.15, 0.2) is 0 Å². The molecule has 12 heavy (non-hydrogen) atoms. The fourth-order valence-corrected chi connectivity index (χ4v) is 1.90. The van der Waals surface area contributed by atoms with Gasteiger partial charge in [-0.1, -0.05) is 19.3 Å². The van der Waals surface area contributed by atoms with E-state index in [-0.39, 0.29) is 12.5 Å². The zero-order chi connectivity index (χ0) is 9.03. The van der Waals surface area contributed by atoms with Crippen LogP contribution in [-0.4, -0.2) is 19.6 Å². The van der Waals surface area contributed by atoms with E-state index >= 15 is 0 Å². The van der Waals surface area contributed by atoms with Gasteiger partial charge in [-0.05, 0) is 12.8 Å². The average Bonchev–Trinajstić information content (AvgIpc) is 2.17. The molecule has 1 aliphatic rings. The lowest BCUT2D eigenvalue weighted by Crippen LogP contribution is -2.38. The molecule has 3 nitrogen and oxygen atoms in total. The zero-order valence-corrected chi connectivity index (χ0v) is 7.56. The van der Waals surface area contributed by atoms with E-state index in [0.29, 0.717) is 0 Å². The molecule has 3 heteroatoms. The quantitative estimate of drug-likeness (QED) is 0.588. The summed E-state index contributed by atoms with van der Waals surface area (Å²) in [5.41, 5.74) is 6.91. The summed E-state index contributed by atoms with van der Waals surface area (Å²) in [7, 11) is 1.41. The number of carbonyl (C=O) groups excluding carboxylic acids is 1. The molecule has 1 radical (unpaired) electrons. The maximum Gasteiger partial charge on any atom is 0.313 e. The minimum Gasteiger partial charge on any atom is -0.469 e. The molecule has 1 rings (SSSR count).